The second-order valence-electron chi connectivity index (χ2n) is 9.31. The Morgan fingerprint density at radius 1 is 1.18 bits per heavy atom. The van der Waals surface area contributed by atoms with Gasteiger partial charge in [0.05, 0.1) is 17.2 Å². The number of amides is 2. The number of rotatable bonds is 11. The van der Waals surface area contributed by atoms with E-state index < -0.39 is 11.7 Å². The van der Waals surface area contributed by atoms with E-state index >= 15 is 4.39 Å². The van der Waals surface area contributed by atoms with Gasteiger partial charge in [-0.05, 0) is 55.6 Å². The summed E-state index contributed by atoms with van der Waals surface area (Å²) in [4.78, 5) is 31.6. The summed E-state index contributed by atoms with van der Waals surface area (Å²) in [5, 5.41) is 15.4. The second-order valence-corrected chi connectivity index (χ2v) is 9.31. The van der Waals surface area contributed by atoms with Crippen molar-refractivity contribution in [3.05, 3.63) is 82.9 Å². The molecule has 39 heavy (non-hydrogen) atoms. The van der Waals surface area contributed by atoms with Crippen LogP contribution in [0.4, 0.5) is 14.6 Å². The van der Waals surface area contributed by atoms with E-state index in [2.05, 4.69) is 15.6 Å². The fourth-order valence-corrected chi connectivity index (χ4v) is 4.67. The van der Waals surface area contributed by atoms with Gasteiger partial charge < -0.3 is 21.3 Å². The second kappa shape index (κ2) is 12.9. The Kier molecular flexibility index (Phi) is 9.18. The molecule has 2 aromatic carbocycles. The molecule has 0 bridgehead atoms. The van der Waals surface area contributed by atoms with Crippen molar-refractivity contribution in [2.45, 2.75) is 31.7 Å². The maximum Gasteiger partial charge on any atom is 0.255 e. The first-order valence-electron chi connectivity index (χ1n) is 12.9. The van der Waals surface area contributed by atoms with Crippen molar-refractivity contribution in [2.24, 2.45) is 5.73 Å². The quantitative estimate of drug-likeness (QED) is 0.347. The summed E-state index contributed by atoms with van der Waals surface area (Å²) in [6, 6.07) is 15.6. The summed E-state index contributed by atoms with van der Waals surface area (Å²) in [6.45, 7) is 1.48. The van der Waals surface area contributed by atoms with Gasteiger partial charge in [0.25, 0.3) is 5.91 Å². The van der Waals surface area contributed by atoms with E-state index in [1.54, 1.807) is 41.3 Å². The van der Waals surface area contributed by atoms with Gasteiger partial charge >= 0.3 is 0 Å². The van der Waals surface area contributed by atoms with Crippen molar-refractivity contribution in [3.8, 4) is 17.3 Å². The molecule has 1 aliphatic heterocycles. The standard InChI is InChI=1S/C29H30F2N6O2/c30-21-7-3-5-19(15-21)11-13-34-28-24(16-25(31)27(36-28)23-8-2-1-6-20(23)17-33)29(39)35-18-22-9-10-26(38)37(22)14-4-12-32/h1-3,5-8,15-16,22H,4,9-14,18,32H2,(H,34,36)(H,35,39)/t22-/m1/s1. The van der Waals surface area contributed by atoms with Gasteiger partial charge in [0.1, 0.15) is 23.1 Å². The predicted molar refractivity (Wildman–Crippen MR) is 144 cm³/mol. The number of likely N-dealkylation sites (tertiary alicyclic amines) is 1. The minimum Gasteiger partial charge on any atom is -0.369 e. The average molecular weight is 533 g/mol. The summed E-state index contributed by atoms with van der Waals surface area (Å²) in [6.07, 6.45) is 2.11. The van der Waals surface area contributed by atoms with Crippen LogP contribution in [0.1, 0.15) is 40.7 Å². The van der Waals surface area contributed by atoms with Crippen LogP contribution in [-0.4, -0.2) is 53.9 Å². The van der Waals surface area contributed by atoms with Gasteiger partial charge in [-0.25, -0.2) is 13.8 Å². The molecule has 10 heteroatoms. The van der Waals surface area contributed by atoms with Crippen LogP contribution in [0.5, 0.6) is 0 Å². The van der Waals surface area contributed by atoms with E-state index in [0.717, 1.165) is 11.6 Å². The number of hydrogen-bond donors (Lipinski definition) is 3. The van der Waals surface area contributed by atoms with Crippen molar-refractivity contribution >= 4 is 17.6 Å². The molecule has 1 aliphatic rings. The van der Waals surface area contributed by atoms with Crippen LogP contribution in [0.15, 0.2) is 54.6 Å². The molecule has 8 nitrogen and oxygen atoms in total. The van der Waals surface area contributed by atoms with Crippen LogP contribution in [-0.2, 0) is 11.2 Å². The van der Waals surface area contributed by atoms with E-state index in [0.29, 0.717) is 50.9 Å². The molecule has 4 rings (SSSR count). The lowest BCUT2D eigenvalue weighted by Gasteiger charge is -2.25. The highest BCUT2D eigenvalue weighted by atomic mass is 19.1. The number of aromatic nitrogens is 1. The van der Waals surface area contributed by atoms with Gasteiger partial charge in [0, 0.05) is 37.7 Å². The molecule has 1 fully saturated rings. The van der Waals surface area contributed by atoms with Crippen LogP contribution in [0, 0.1) is 23.0 Å². The Morgan fingerprint density at radius 2 is 2.00 bits per heavy atom. The van der Waals surface area contributed by atoms with Crippen LogP contribution < -0.4 is 16.4 Å². The third kappa shape index (κ3) is 6.75. The van der Waals surface area contributed by atoms with Crippen LogP contribution >= 0.6 is 0 Å². The molecule has 1 atom stereocenters. The molecule has 0 saturated carbocycles. The molecule has 0 radical (unpaired) electrons. The van der Waals surface area contributed by atoms with Crippen molar-refractivity contribution in [1.29, 1.82) is 5.26 Å². The monoisotopic (exact) mass is 532 g/mol. The molecular weight excluding hydrogens is 502 g/mol. The zero-order chi connectivity index (χ0) is 27.8. The molecule has 0 spiro atoms. The van der Waals surface area contributed by atoms with Crippen LogP contribution in [0.3, 0.4) is 0 Å². The Balaban J connectivity index is 1.58. The molecule has 2 heterocycles. The first kappa shape index (κ1) is 27.7. The number of pyridine rings is 1. The normalized spacial score (nSPS) is 14.8. The van der Waals surface area contributed by atoms with Gasteiger partial charge in [-0.1, -0.05) is 30.3 Å². The maximum absolute atomic E-state index is 15.3. The summed E-state index contributed by atoms with van der Waals surface area (Å²) >= 11 is 0. The van der Waals surface area contributed by atoms with Crippen molar-refractivity contribution in [2.75, 3.05) is 31.5 Å². The van der Waals surface area contributed by atoms with Crippen LogP contribution in [0.25, 0.3) is 11.3 Å². The summed E-state index contributed by atoms with van der Waals surface area (Å²) < 4.78 is 28.9. The number of benzene rings is 2. The number of carbonyl (C=O) groups excluding carboxylic acids is 2. The number of nitrogens with one attached hydrogen (secondary N) is 2. The predicted octanol–water partition coefficient (Wildman–Crippen LogP) is 3.62. The lowest BCUT2D eigenvalue weighted by molar-refractivity contribution is -0.128. The number of nitrogens with two attached hydrogens (primary N) is 1. The lowest BCUT2D eigenvalue weighted by Crippen LogP contribution is -2.42. The number of halogens is 2. The molecule has 3 aromatic rings. The van der Waals surface area contributed by atoms with Crippen molar-refractivity contribution in [3.63, 3.8) is 0 Å². The molecule has 2 amide bonds. The van der Waals surface area contributed by atoms with E-state index in [9.17, 15) is 19.2 Å². The maximum atomic E-state index is 15.3. The Morgan fingerprint density at radius 3 is 2.77 bits per heavy atom. The van der Waals surface area contributed by atoms with E-state index in [1.807, 2.05) is 6.07 Å². The lowest BCUT2D eigenvalue weighted by atomic mass is 10.0. The zero-order valence-corrected chi connectivity index (χ0v) is 21.4. The van der Waals surface area contributed by atoms with E-state index in [4.69, 9.17) is 5.73 Å². The Labute approximate surface area is 225 Å². The van der Waals surface area contributed by atoms with Gasteiger partial charge in [-0.2, -0.15) is 5.26 Å². The number of nitriles is 1. The molecule has 4 N–H and O–H groups in total. The first-order valence-corrected chi connectivity index (χ1v) is 12.9. The smallest absolute Gasteiger partial charge is 0.255 e. The molecular formula is C29H30F2N6O2. The molecule has 0 aliphatic carbocycles. The topological polar surface area (TPSA) is 124 Å². The highest BCUT2D eigenvalue weighted by Crippen LogP contribution is 2.28. The van der Waals surface area contributed by atoms with Crippen molar-refractivity contribution < 1.29 is 18.4 Å². The van der Waals surface area contributed by atoms with Gasteiger partial charge in [0.2, 0.25) is 5.91 Å². The van der Waals surface area contributed by atoms with Gasteiger partial charge in [-0.15, -0.1) is 0 Å². The third-order valence-corrected chi connectivity index (χ3v) is 6.67. The minimum atomic E-state index is -0.751. The first-order chi connectivity index (χ1) is 18.9. The minimum absolute atomic E-state index is 0.0113. The fourth-order valence-electron chi connectivity index (χ4n) is 4.67. The number of carbonyl (C=O) groups is 2. The van der Waals surface area contributed by atoms with Gasteiger partial charge in [-0.3, -0.25) is 9.59 Å². The molecule has 1 aromatic heterocycles. The SMILES string of the molecule is N#Cc1ccccc1-c1nc(NCCc2cccc(F)c2)c(C(=O)NC[C@H]2CCC(=O)N2CCCN)cc1F. The fraction of sp³-hybridized carbons (Fsp3) is 0.310. The van der Waals surface area contributed by atoms with E-state index in [1.165, 1.54) is 12.1 Å². The van der Waals surface area contributed by atoms with Gasteiger partial charge in [0.15, 0.2) is 0 Å². The third-order valence-electron chi connectivity index (χ3n) is 6.67. The average Bonchev–Trinajstić information content (AvgIpc) is 3.29. The number of anilines is 1. The summed E-state index contributed by atoms with van der Waals surface area (Å²) in [5.41, 5.74) is 6.81. The highest BCUT2D eigenvalue weighted by Gasteiger charge is 2.31. The number of nitrogens with zero attached hydrogens (tertiary/aromatic N) is 3. The largest absolute Gasteiger partial charge is 0.369 e. The van der Waals surface area contributed by atoms with Crippen molar-refractivity contribution in [1.82, 2.24) is 15.2 Å². The van der Waals surface area contributed by atoms with Crippen LogP contribution in [0.2, 0.25) is 0 Å². The molecule has 202 valence electrons. The molecule has 1 saturated heterocycles. The summed E-state index contributed by atoms with van der Waals surface area (Å²) in [5.74, 6) is -1.49. The highest BCUT2D eigenvalue weighted by molar-refractivity contribution is 5.99. The Hall–Kier alpha value is -4.36. The zero-order valence-electron chi connectivity index (χ0n) is 21.4. The Bertz CT molecular complexity index is 1390. The van der Waals surface area contributed by atoms with E-state index in [-0.39, 0.29) is 46.9 Å². The number of hydrogen-bond acceptors (Lipinski definition) is 6. The summed E-state index contributed by atoms with van der Waals surface area (Å²) in [7, 11) is 0. The molecule has 0 unspecified atom stereocenters.